The van der Waals surface area contributed by atoms with Gasteiger partial charge in [0.05, 0.1) is 17.5 Å². The summed E-state index contributed by atoms with van der Waals surface area (Å²) in [5.74, 6) is -1.34. The zero-order valence-electron chi connectivity index (χ0n) is 11.4. The van der Waals surface area contributed by atoms with Gasteiger partial charge in [0.25, 0.3) is 5.91 Å². The molecule has 1 heterocycles. The molecule has 110 valence electrons. The molecule has 1 aromatic carbocycles. The summed E-state index contributed by atoms with van der Waals surface area (Å²) in [5.41, 5.74) is 1.12. The molecule has 2 aromatic rings. The van der Waals surface area contributed by atoms with Crippen LogP contribution in [0, 0.1) is 0 Å². The summed E-state index contributed by atoms with van der Waals surface area (Å²) >= 11 is 5.85. The van der Waals surface area contributed by atoms with Crippen LogP contribution >= 0.6 is 11.6 Å². The van der Waals surface area contributed by atoms with Crippen molar-refractivity contribution in [3.8, 4) is 0 Å². The van der Waals surface area contributed by atoms with Crippen molar-refractivity contribution < 1.29 is 14.7 Å². The van der Waals surface area contributed by atoms with Crippen molar-refractivity contribution in [2.45, 2.75) is 12.5 Å². The Morgan fingerprint density at radius 3 is 2.52 bits per heavy atom. The highest BCUT2D eigenvalue weighted by molar-refractivity contribution is 6.31. The third-order valence-electron chi connectivity index (χ3n) is 3.09. The number of carboxylic acid groups (broad SMARTS) is 1. The molecule has 0 saturated heterocycles. The first-order chi connectivity index (χ1) is 9.97. The topological polar surface area (TPSA) is 71.3 Å². The summed E-state index contributed by atoms with van der Waals surface area (Å²) in [4.78, 5) is 23.3. The number of benzene rings is 1. The van der Waals surface area contributed by atoms with Gasteiger partial charge in [0.2, 0.25) is 0 Å². The summed E-state index contributed by atoms with van der Waals surface area (Å²) in [7, 11) is 1.70. The van der Waals surface area contributed by atoms with Gasteiger partial charge >= 0.3 is 5.97 Å². The lowest BCUT2D eigenvalue weighted by Crippen LogP contribution is -2.31. The molecule has 21 heavy (non-hydrogen) atoms. The number of nitrogens with zero attached hydrogens (tertiary/aromatic N) is 1. The first-order valence-electron chi connectivity index (χ1n) is 6.37. The van der Waals surface area contributed by atoms with Gasteiger partial charge in [0.15, 0.2) is 0 Å². The van der Waals surface area contributed by atoms with Crippen molar-refractivity contribution in [1.29, 1.82) is 0 Å². The van der Waals surface area contributed by atoms with Crippen LogP contribution in [0.3, 0.4) is 0 Å². The Labute approximate surface area is 127 Å². The van der Waals surface area contributed by atoms with Crippen LogP contribution < -0.4 is 5.32 Å². The highest BCUT2D eigenvalue weighted by Crippen LogP contribution is 2.19. The quantitative estimate of drug-likeness (QED) is 0.892. The molecule has 0 aliphatic rings. The SMILES string of the molecule is Cn1cc(Cl)cc1C(=O)NC(CC(=O)O)c1ccccc1. The molecular formula is C15H15ClN2O3. The van der Waals surface area contributed by atoms with Crippen LogP contribution in [0.4, 0.5) is 0 Å². The van der Waals surface area contributed by atoms with E-state index in [0.29, 0.717) is 10.7 Å². The standard InChI is InChI=1S/C15H15ClN2O3/c1-18-9-11(16)7-13(18)15(21)17-12(8-14(19)20)10-5-3-2-4-6-10/h2-7,9,12H,8H2,1H3,(H,17,21)(H,19,20). The van der Waals surface area contributed by atoms with Crippen molar-refractivity contribution in [3.05, 3.63) is 58.9 Å². The largest absolute Gasteiger partial charge is 0.481 e. The monoisotopic (exact) mass is 306 g/mol. The fraction of sp³-hybridized carbons (Fsp3) is 0.200. The Hall–Kier alpha value is -2.27. The first-order valence-corrected chi connectivity index (χ1v) is 6.74. The molecule has 0 fully saturated rings. The van der Waals surface area contributed by atoms with E-state index >= 15 is 0 Å². The van der Waals surface area contributed by atoms with E-state index in [2.05, 4.69) is 5.32 Å². The molecule has 1 aromatic heterocycles. The van der Waals surface area contributed by atoms with E-state index < -0.39 is 12.0 Å². The van der Waals surface area contributed by atoms with Crippen LogP contribution in [0.25, 0.3) is 0 Å². The third kappa shape index (κ3) is 3.86. The van der Waals surface area contributed by atoms with Gasteiger partial charge in [-0.25, -0.2) is 0 Å². The van der Waals surface area contributed by atoms with E-state index in [-0.39, 0.29) is 12.3 Å². The van der Waals surface area contributed by atoms with Gasteiger partial charge in [0, 0.05) is 13.2 Å². The molecule has 0 radical (unpaired) electrons. The molecule has 2 N–H and O–H groups in total. The Balaban J connectivity index is 2.21. The number of carbonyl (C=O) groups is 2. The van der Waals surface area contributed by atoms with Gasteiger partial charge < -0.3 is 15.0 Å². The summed E-state index contributed by atoms with van der Waals surface area (Å²) in [6, 6.07) is 9.95. The molecule has 6 heteroatoms. The van der Waals surface area contributed by atoms with Crippen LogP contribution in [-0.4, -0.2) is 21.6 Å². The van der Waals surface area contributed by atoms with Crippen molar-refractivity contribution in [3.63, 3.8) is 0 Å². The number of aryl methyl sites for hydroxylation is 1. The zero-order chi connectivity index (χ0) is 15.4. The van der Waals surface area contributed by atoms with E-state index in [1.54, 1.807) is 48.1 Å². The molecule has 1 unspecified atom stereocenters. The van der Waals surface area contributed by atoms with E-state index in [1.165, 1.54) is 0 Å². The van der Waals surface area contributed by atoms with Gasteiger partial charge in [-0.15, -0.1) is 0 Å². The molecule has 0 spiro atoms. The van der Waals surface area contributed by atoms with E-state index in [1.807, 2.05) is 6.07 Å². The second-order valence-electron chi connectivity index (χ2n) is 4.69. The summed E-state index contributed by atoms with van der Waals surface area (Å²) < 4.78 is 1.60. The Morgan fingerprint density at radius 2 is 2.00 bits per heavy atom. The zero-order valence-corrected chi connectivity index (χ0v) is 12.2. The van der Waals surface area contributed by atoms with Crippen molar-refractivity contribution >= 4 is 23.5 Å². The van der Waals surface area contributed by atoms with E-state index in [0.717, 1.165) is 5.56 Å². The second kappa shape index (κ2) is 6.45. The van der Waals surface area contributed by atoms with Gasteiger partial charge in [0.1, 0.15) is 5.69 Å². The lowest BCUT2D eigenvalue weighted by molar-refractivity contribution is -0.137. The Morgan fingerprint density at radius 1 is 1.33 bits per heavy atom. The summed E-state index contributed by atoms with van der Waals surface area (Å²) in [6.07, 6.45) is 1.43. The van der Waals surface area contributed by atoms with Gasteiger partial charge in [-0.05, 0) is 11.6 Å². The predicted octanol–water partition coefficient (Wildman–Crippen LogP) is 2.62. The minimum Gasteiger partial charge on any atom is -0.481 e. The number of carboxylic acids is 1. The maximum absolute atomic E-state index is 12.3. The van der Waals surface area contributed by atoms with Crippen LogP contribution in [0.2, 0.25) is 5.02 Å². The minimum atomic E-state index is -0.978. The van der Waals surface area contributed by atoms with Crippen molar-refractivity contribution in [1.82, 2.24) is 9.88 Å². The number of carbonyl (C=O) groups excluding carboxylic acids is 1. The highest BCUT2D eigenvalue weighted by Gasteiger charge is 2.20. The summed E-state index contributed by atoms with van der Waals surface area (Å²) in [6.45, 7) is 0. The lowest BCUT2D eigenvalue weighted by Gasteiger charge is -2.17. The predicted molar refractivity (Wildman–Crippen MR) is 79.3 cm³/mol. The number of hydrogen-bond donors (Lipinski definition) is 2. The average molecular weight is 307 g/mol. The van der Waals surface area contributed by atoms with E-state index in [9.17, 15) is 9.59 Å². The molecule has 0 saturated carbocycles. The molecule has 0 bridgehead atoms. The van der Waals surface area contributed by atoms with Crippen LogP contribution in [0.5, 0.6) is 0 Å². The first kappa shape index (κ1) is 15.1. The number of rotatable bonds is 5. The van der Waals surface area contributed by atoms with E-state index in [4.69, 9.17) is 16.7 Å². The maximum Gasteiger partial charge on any atom is 0.305 e. The highest BCUT2D eigenvalue weighted by atomic mass is 35.5. The number of aliphatic carboxylic acids is 1. The Kier molecular flexibility index (Phi) is 4.65. The number of nitrogens with one attached hydrogen (secondary N) is 1. The number of halogens is 1. The lowest BCUT2D eigenvalue weighted by atomic mass is 10.0. The number of hydrogen-bond acceptors (Lipinski definition) is 2. The number of aromatic nitrogens is 1. The molecule has 2 rings (SSSR count). The average Bonchev–Trinajstić information content (AvgIpc) is 2.77. The van der Waals surface area contributed by atoms with Crippen LogP contribution in [0.15, 0.2) is 42.6 Å². The Bertz CT molecular complexity index is 652. The van der Waals surface area contributed by atoms with Gasteiger partial charge in [-0.2, -0.15) is 0 Å². The normalized spacial score (nSPS) is 11.9. The third-order valence-corrected chi connectivity index (χ3v) is 3.30. The molecule has 1 atom stereocenters. The summed E-state index contributed by atoms with van der Waals surface area (Å²) in [5, 5.41) is 12.2. The second-order valence-corrected chi connectivity index (χ2v) is 5.13. The molecule has 0 aliphatic heterocycles. The maximum atomic E-state index is 12.3. The minimum absolute atomic E-state index is 0.187. The van der Waals surface area contributed by atoms with Crippen molar-refractivity contribution in [2.75, 3.05) is 0 Å². The fourth-order valence-electron chi connectivity index (χ4n) is 2.09. The number of amides is 1. The molecule has 1 amide bonds. The molecule has 5 nitrogen and oxygen atoms in total. The molecule has 0 aliphatic carbocycles. The smallest absolute Gasteiger partial charge is 0.305 e. The van der Waals surface area contributed by atoms with Crippen molar-refractivity contribution in [2.24, 2.45) is 7.05 Å². The van der Waals surface area contributed by atoms with Gasteiger partial charge in [-0.1, -0.05) is 41.9 Å². The van der Waals surface area contributed by atoms with Crippen LogP contribution in [-0.2, 0) is 11.8 Å². The fourth-order valence-corrected chi connectivity index (χ4v) is 2.34. The van der Waals surface area contributed by atoms with Crippen LogP contribution in [0.1, 0.15) is 28.5 Å². The van der Waals surface area contributed by atoms with Gasteiger partial charge in [-0.3, -0.25) is 9.59 Å². The molecular weight excluding hydrogens is 292 g/mol.